The molecule has 0 bridgehead atoms. The van der Waals surface area contributed by atoms with Gasteiger partial charge in [-0.15, -0.1) is 0 Å². The Morgan fingerprint density at radius 1 is 1.31 bits per heavy atom. The van der Waals surface area contributed by atoms with Crippen molar-refractivity contribution in [2.45, 2.75) is 13.8 Å². The van der Waals surface area contributed by atoms with Gasteiger partial charge in [0.2, 0.25) is 11.8 Å². The summed E-state index contributed by atoms with van der Waals surface area (Å²) in [4.78, 5) is 7.97. The van der Waals surface area contributed by atoms with Crippen molar-refractivity contribution in [1.82, 2.24) is 9.97 Å². The molecule has 1 heterocycles. The Labute approximate surface area is 95.2 Å². The van der Waals surface area contributed by atoms with Crippen LogP contribution in [0.3, 0.4) is 0 Å². The van der Waals surface area contributed by atoms with Crippen LogP contribution in [-0.2, 0) is 4.74 Å². The van der Waals surface area contributed by atoms with Gasteiger partial charge in [-0.05, 0) is 13.8 Å². The zero-order valence-electron chi connectivity index (χ0n) is 9.69. The molecular weight excluding hydrogens is 208 g/mol. The monoisotopic (exact) mass is 226 g/mol. The molecule has 0 saturated carbocycles. The van der Waals surface area contributed by atoms with Crippen LogP contribution in [0.1, 0.15) is 13.8 Å². The molecule has 90 valence electrons. The molecular formula is C10H18N4O2. The minimum absolute atomic E-state index is 0.199. The Hall–Kier alpha value is -1.56. The van der Waals surface area contributed by atoms with Gasteiger partial charge in [-0.2, -0.15) is 9.97 Å². The molecule has 0 fully saturated rings. The van der Waals surface area contributed by atoms with Crippen molar-refractivity contribution in [3.8, 4) is 5.88 Å². The van der Waals surface area contributed by atoms with E-state index in [9.17, 15) is 0 Å². The summed E-state index contributed by atoms with van der Waals surface area (Å²) >= 11 is 0. The van der Waals surface area contributed by atoms with E-state index in [-0.39, 0.29) is 5.95 Å². The number of rotatable bonds is 7. The maximum atomic E-state index is 5.55. The highest BCUT2D eigenvalue weighted by molar-refractivity contribution is 5.42. The zero-order chi connectivity index (χ0) is 11.8. The smallest absolute Gasteiger partial charge is 0.225 e. The molecule has 0 aromatic carbocycles. The quantitative estimate of drug-likeness (QED) is 0.672. The Kier molecular flexibility index (Phi) is 5.35. The van der Waals surface area contributed by atoms with E-state index in [0.717, 1.165) is 6.54 Å². The third-order valence-corrected chi connectivity index (χ3v) is 1.76. The van der Waals surface area contributed by atoms with Crippen molar-refractivity contribution < 1.29 is 9.47 Å². The summed E-state index contributed by atoms with van der Waals surface area (Å²) < 4.78 is 10.5. The van der Waals surface area contributed by atoms with Gasteiger partial charge in [0.15, 0.2) is 0 Å². The van der Waals surface area contributed by atoms with Crippen molar-refractivity contribution in [2.75, 3.05) is 37.4 Å². The number of nitrogen functional groups attached to an aromatic ring is 1. The second-order valence-electron chi connectivity index (χ2n) is 3.03. The van der Waals surface area contributed by atoms with E-state index in [2.05, 4.69) is 15.3 Å². The highest BCUT2D eigenvalue weighted by atomic mass is 16.5. The fourth-order valence-corrected chi connectivity index (χ4v) is 1.14. The van der Waals surface area contributed by atoms with Crippen LogP contribution in [0.4, 0.5) is 11.8 Å². The van der Waals surface area contributed by atoms with E-state index in [1.807, 2.05) is 13.8 Å². The standard InChI is InChI=1S/C10H18N4O2/c1-3-12-8-7-9(14-10(11)13-8)16-6-5-15-4-2/h7H,3-6H2,1-2H3,(H3,11,12,13,14). The first-order chi connectivity index (χ1) is 7.76. The van der Waals surface area contributed by atoms with Crippen molar-refractivity contribution in [1.29, 1.82) is 0 Å². The molecule has 0 radical (unpaired) electrons. The summed E-state index contributed by atoms with van der Waals surface area (Å²) in [6, 6.07) is 1.71. The van der Waals surface area contributed by atoms with Gasteiger partial charge in [0.1, 0.15) is 12.4 Å². The lowest BCUT2D eigenvalue weighted by Gasteiger charge is -2.08. The number of ether oxygens (including phenoxy) is 2. The topological polar surface area (TPSA) is 82.3 Å². The third kappa shape index (κ3) is 4.31. The molecule has 0 amide bonds. The third-order valence-electron chi connectivity index (χ3n) is 1.76. The Bertz CT molecular complexity index is 320. The van der Waals surface area contributed by atoms with Gasteiger partial charge in [-0.1, -0.05) is 0 Å². The number of nitrogens with zero attached hydrogens (tertiary/aromatic N) is 2. The number of nitrogens with two attached hydrogens (primary N) is 1. The molecule has 1 aromatic rings. The molecule has 0 aliphatic rings. The summed E-state index contributed by atoms with van der Waals surface area (Å²) in [5, 5.41) is 3.05. The fourth-order valence-electron chi connectivity index (χ4n) is 1.14. The summed E-state index contributed by atoms with van der Waals surface area (Å²) in [6.07, 6.45) is 0. The number of nitrogens with one attached hydrogen (secondary N) is 1. The normalized spacial score (nSPS) is 10.1. The van der Waals surface area contributed by atoms with Gasteiger partial charge >= 0.3 is 0 Å². The molecule has 3 N–H and O–H groups in total. The Morgan fingerprint density at radius 2 is 2.12 bits per heavy atom. The summed E-state index contributed by atoms with van der Waals surface area (Å²) in [7, 11) is 0. The Balaban J connectivity index is 2.51. The van der Waals surface area contributed by atoms with E-state index in [1.165, 1.54) is 0 Å². The van der Waals surface area contributed by atoms with Crippen LogP contribution in [-0.4, -0.2) is 36.3 Å². The van der Waals surface area contributed by atoms with E-state index in [0.29, 0.717) is 31.5 Å². The van der Waals surface area contributed by atoms with Crippen molar-refractivity contribution >= 4 is 11.8 Å². The molecule has 0 saturated heterocycles. The van der Waals surface area contributed by atoms with E-state index in [1.54, 1.807) is 6.07 Å². The summed E-state index contributed by atoms with van der Waals surface area (Å²) in [6.45, 7) is 6.36. The lowest BCUT2D eigenvalue weighted by Crippen LogP contribution is -2.09. The molecule has 1 aromatic heterocycles. The molecule has 1 rings (SSSR count). The summed E-state index contributed by atoms with van der Waals surface area (Å²) in [5.41, 5.74) is 5.55. The van der Waals surface area contributed by atoms with Crippen LogP contribution < -0.4 is 15.8 Å². The first-order valence-electron chi connectivity index (χ1n) is 5.35. The number of anilines is 2. The Morgan fingerprint density at radius 3 is 2.81 bits per heavy atom. The first kappa shape index (κ1) is 12.5. The number of hydrogen-bond acceptors (Lipinski definition) is 6. The van der Waals surface area contributed by atoms with Crippen LogP contribution in [0.2, 0.25) is 0 Å². The lowest BCUT2D eigenvalue weighted by molar-refractivity contribution is 0.108. The lowest BCUT2D eigenvalue weighted by atomic mass is 10.5. The first-order valence-corrected chi connectivity index (χ1v) is 5.35. The minimum Gasteiger partial charge on any atom is -0.475 e. The van der Waals surface area contributed by atoms with Crippen molar-refractivity contribution in [2.24, 2.45) is 0 Å². The van der Waals surface area contributed by atoms with Gasteiger partial charge in [0.25, 0.3) is 0 Å². The van der Waals surface area contributed by atoms with Crippen LogP contribution in [0.5, 0.6) is 5.88 Å². The second kappa shape index (κ2) is 6.84. The van der Waals surface area contributed by atoms with E-state index < -0.39 is 0 Å². The molecule has 0 aliphatic carbocycles. The average Bonchev–Trinajstić information content (AvgIpc) is 2.24. The molecule has 0 spiro atoms. The van der Waals surface area contributed by atoms with Gasteiger partial charge in [-0.3, -0.25) is 0 Å². The summed E-state index contributed by atoms with van der Waals surface area (Å²) in [5.74, 6) is 1.33. The molecule has 0 aliphatic heterocycles. The number of aromatic nitrogens is 2. The molecule has 6 nitrogen and oxygen atoms in total. The minimum atomic E-state index is 0.199. The van der Waals surface area contributed by atoms with Gasteiger partial charge in [0.05, 0.1) is 6.61 Å². The van der Waals surface area contributed by atoms with Crippen LogP contribution >= 0.6 is 0 Å². The van der Waals surface area contributed by atoms with Gasteiger partial charge in [-0.25, -0.2) is 0 Å². The maximum absolute atomic E-state index is 5.55. The van der Waals surface area contributed by atoms with Crippen LogP contribution in [0.15, 0.2) is 6.07 Å². The highest BCUT2D eigenvalue weighted by Gasteiger charge is 2.02. The van der Waals surface area contributed by atoms with Gasteiger partial charge < -0.3 is 20.5 Å². The zero-order valence-corrected chi connectivity index (χ0v) is 9.69. The van der Waals surface area contributed by atoms with Crippen molar-refractivity contribution in [3.05, 3.63) is 6.07 Å². The predicted octanol–water partition coefficient (Wildman–Crippen LogP) is 0.906. The fraction of sp³-hybridized carbons (Fsp3) is 0.600. The van der Waals surface area contributed by atoms with E-state index in [4.69, 9.17) is 15.2 Å². The largest absolute Gasteiger partial charge is 0.475 e. The maximum Gasteiger partial charge on any atom is 0.225 e. The van der Waals surface area contributed by atoms with E-state index >= 15 is 0 Å². The van der Waals surface area contributed by atoms with Crippen LogP contribution in [0, 0.1) is 0 Å². The average molecular weight is 226 g/mol. The molecule has 16 heavy (non-hydrogen) atoms. The molecule has 0 unspecified atom stereocenters. The number of hydrogen-bond donors (Lipinski definition) is 2. The second-order valence-corrected chi connectivity index (χ2v) is 3.03. The predicted molar refractivity (Wildman–Crippen MR) is 62.6 cm³/mol. The van der Waals surface area contributed by atoms with Gasteiger partial charge in [0, 0.05) is 19.2 Å². The molecule has 0 atom stereocenters. The highest BCUT2D eigenvalue weighted by Crippen LogP contribution is 2.14. The van der Waals surface area contributed by atoms with Crippen LogP contribution in [0.25, 0.3) is 0 Å². The SMILES string of the molecule is CCNc1cc(OCCOCC)nc(N)n1. The molecule has 6 heteroatoms. The van der Waals surface area contributed by atoms with Crippen molar-refractivity contribution in [3.63, 3.8) is 0 Å².